The molecule has 1 aromatic heterocycles. The van der Waals surface area contributed by atoms with Gasteiger partial charge in [0.1, 0.15) is 0 Å². The van der Waals surface area contributed by atoms with Crippen LogP contribution in [0.1, 0.15) is 11.8 Å². The highest BCUT2D eigenvalue weighted by Gasteiger charge is 2.37. The average Bonchev–Trinajstić information content (AvgIpc) is 3.14. The van der Waals surface area contributed by atoms with Crippen molar-refractivity contribution in [3.05, 3.63) is 63.9 Å². The van der Waals surface area contributed by atoms with Crippen LogP contribution < -0.4 is 0 Å². The molecule has 1 aliphatic rings. The number of carbonyl (C=O) groups is 2. The largest absolute Gasteiger partial charge is 0.294 e. The van der Waals surface area contributed by atoms with Crippen molar-refractivity contribution in [1.82, 2.24) is 4.90 Å². The Hall–Kier alpha value is -1.47. The molecule has 25 heavy (non-hydrogen) atoms. The Morgan fingerprint density at radius 3 is 2.60 bits per heavy atom. The zero-order valence-electron chi connectivity index (χ0n) is 13.3. The molecule has 1 atom stereocenters. The molecule has 2 heterocycles. The molecule has 0 aliphatic carbocycles. The van der Waals surface area contributed by atoms with Crippen LogP contribution in [-0.4, -0.2) is 22.1 Å². The highest BCUT2D eigenvalue weighted by molar-refractivity contribution is 8.18. The van der Waals surface area contributed by atoms with Crippen molar-refractivity contribution in [2.45, 2.75) is 22.1 Å². The van der Waals surface area contributed by atoms with E-state index in [0.717, 1.165) is 25.7 Å². The predicted molar refractivity (Wildman–Crippen MR) is 107 cm³/mol. The molecule has 0 unspecified atom stereocenters. The van der Waals surface area contributed by atoms with E-state index in [1.807, 2.05) is 36.4 Å². The molecule has 2 amide bonds. The molecule has 3 rings (SSSR count). The van der Waals surface area contributed by atoms with E-state index < -0.39 is 0 Å². The van der Waals surface area contributed by atoms with Gasteiger partial charge in [-0.15, -0.1) is 17.9 Å². The van der Waals surface area contributed by atoms with Crippen LogP contribution in [0.3, 0.4) is 0 Å². The van der Waals surface area contributed by atoms with E-state index in [1.54, 1.807) is 42.2 Å². The SMILES string of the molecule is C=C[C@@H](C)N1C(=O)S/C(=C\c2ccc(Sc3ccc(Cl)cc3)s2)C1=O. The minimum Gasteiger partial charge on any atom is -0.268 e. The minimum atomic E-state index is -0.308. The lowest BCUT2D eigenvalue weighted by Gasteiger charge is -2.17. The van der Waals surface area contributed by atoms with E-state index in [4.69, 9.17) is 11.6 Å². The summed E-state index contributed by atoms with van der Waals surface area (Å²) in [5.74, 6) is -0.261. The summed E-state index contributed by atoms with van der Waals surface area (Å²) >= 11 is 10.1. The average molecular weight is 408 g/mol. The zero-order valence-corrected chi connectivity index (χ0v) is 16.5. The van der Waals surface area contributed by atoms with Crippen molar-refractivity contribution >= 4 is 63.7 Å². The molecule has 0 bridgehead atoms. The van der Waals surface area contributed by atoms with E-state index in [9.17, 15) is 9.59 Å². The minimum absolute atomic E-state index is 0.254. The van der Waals surface area contributed by atoms with Crippen LogP contribution in [0.2, 0.25) is 5.02 Å². The number of carbonyl (C=O) groups excluding carboxylic acids is 2. The van der Waals surface area contributed by atoms with Gasteiger partial charge >= 0.3 is 0 Å². The van der Waals surface area contributed by atoms with Gasteiger partial charge in [-0.1, -0.05) is 29.4 Å². The van der Waals surface area contributed by atoms with E-state index in [-0.39, 0.29) is 17.2 Å². The molecule has 1 aromatic carbocycles. The van der Waals surface area contributed by atoms with Crippen LogP contribution in [0.5, 0.6) is 0 Å². The summed E-state index contributed by atoms with van der Waals surface area (Å²) in [6, 6.07) is 11.3. The number of hydrogen-bond acceptors (Lipinski definition) is 5. The lowest BCUT2D eigenvalue weighted by atomic mass is 10.3. The van der Waals surface area contributed by atoms with Gasteiger partial charge in [-0.05, 0) is 61.2 Å². The maximum atomic E-state index is 12.4. The van der Waals surface area contributed by atoms with Gasteiger partial charge in [0.2, 0.25) is 0 Å². The fourth-order valence-corrected chi connectivity index (χ4v) is 5.32. The summed E-state index contributed by atoms with van der Waals surface area (Å²) in [5.41, 5.74) is 0. The molecule has 0 saturated carbocycles. The predicted octanol–water partition coefficient (Wildman–Crippen LogP) is 6.16. The molecule has 0 spiro atoms. The zero-order chi connectivity index (χ0) is 18.0. The Kier molecular flexibility index (Phi) is 5.74. The molecule has 1 fully saturated rings. The molecule has 3 nitrogen and oxygen atoms in total. The van der Waals surface area contributed by atoms with E-state index >= 15 is 0 Å². The fourth-order valence-electron chi connectivity index (χ4n) is 2.15. The topological polar surface area (TPSA) is 37.4 Å². The highest BCUT2D eigenvalue weighted by atomic mass is 35.5. The van der Waals surface area contributed by atoms with Crippen molar-refractivity contribution < 1.29 is 9.59 Å². The highest BCUT2D eigenvalue weighted by Crippen LogP contribution is 2.38. The van der Waals surface area contributed by atoms with Crippen molar-refractivity contribution in [2.24, 2.45) is 0 Å². The second-order valence-electron chi connectivity index (χ2n) is 5.24. The number of hydrogen-bond donors (Lipinski definition) is 0. The first-order chi connectivity index (χ1) is 12.0. The number of halogens is 1. The summed E-state index contributed by atoms with van der Waals surface area (Å²) < 4.78 is 1.10. The monoisotopic (exact) mass is 407 g/mol. The lowest BCUT2D eigenvalue weighted by Crippen LogP contribution is -2.35. The molecular formula is C18H14ClNO2S3. The molecule has 0 radical (unpaired) electrons. The van der Waals surface area contributed by atoms with Crippen LogP contribution in [0, 0.1) is 0 Å². The maximum Gasteiger partial charge on any atom is 0.294 e. The number of imide groups is 1. The Morgan fingerprint density at radius 2 is 1.92 bits per heavy atom. The van der Waals surface area contributed by atoms with Gasteiger partial charge in [-0.25, -0.2) is 0 Å². The van der Waals surface area contributed by atoms with E-state index in [1.165, 1.54) is 4.90 Å². The molecule has 128 valence electrons. The van der Waals surface area contributed by atoms with Crippen LogP contribution in [-0.2, 0) is 4.79 Å². The summed E-state index contributed by atoms with van der Waals surface area (Å²) in [6.07, 6.45) is 3.36. The van der Waals surface area contributed by atoms with Gasteiger partial charge in [-0.3, -0.25) is 14.5 Å². The van der Waals surface area contributed by atoms with Gasteiger partial charge in [0.25, 0.3) is 11.1 Å². The van der Waals surface area contributed by atoms with Crippen LogP contribution >= 0.6 is 46.5 Å². The van der Waals surface area contributed by atoms with Crippen molar-refractivity contribution in [2.75, 3.05) is 0 Å². The van der Waals surface area contributed by atoms with E-state index in [2.05, 4.69) is 6.58 Å². The number of rotatable bonds is 5. The van der Waals surface area contributed by atoms with Gasteiger partial charge < -0.3 is 0 Å². The van der Waals surface area contributed by atoms with Crippen molar-refractivity contribution in [3.63, 3.8) is 0 Å². The Bertz CT molecular complexity index is 857. The number of benzene rings is 1. The summed E-state index contributed by atoms with van der Waals surface area (Å²) in [4.78, 5) is 28.2. The first-order valence-corrected chi connectivity index (χ1v) is 10.2. The van der Waals surface area contributed by atoms with Gasteiger partial charge in [0.05, 0.1) is 15.2 Å². The second kappa shape index (κ2) is 7.83. The maximum absolute atomic E-state index is 12.4. The number of thiophene rings is 1. The lowest BCUT2D eigenvalue weighted by molar-refractivity contribution is -0.123. The summed E-state index contributed by atoms with van der Waals surface area (Å²) in [5, 5.41) is 0.455. The van der Waals surface area contributed by atoms with Crippen molar-refractivity contribution in [1.29, 1.82) is 0 Å². The third kappa shape index (κ3) is 4.20. The fraction of sp³-hybridized carbons (Fsp3) is 0.111. The molecule has 7 heteroatoms. The molecule has 1 aliphatic heterocycles. The third-order valence-corrected chi connectivity index (χ3v) is 6.79. The summed E-state index contributed by atoms with van der Waals surface area (Å²) in [7, 11) is 0. The third-order valence-electron chi connectivity index (χ3n) is 3.48. The molecule has 0 N–H and O–H groups in total. The number of nitrogens with zero attached hydrogens (tertiary/aromatic N) is 1. The normalized spacial score (nSPS) is 17.4. The Labute approximate surface area is 163 Å². The first-order valence-electron chi connectivity index (χ1n) is 7.41. The molecule has 1 saturated heterocycles. The quantitative estimate of drug-likeness (QED) is 0.439. The van der Waals surface area contributed by atoms with Crippen LogP contribution in [0.25, 0.3) is 6.08 Å². The molecular weight excluding hydrogens is 394 g/mol. The van der Waals surface area contributed by atoms with Gasteiger partial charge in [0, 0.05) is 14.8 Å². The summed E-state index contributed by atoms with van der Waals surface area (Å²) in [6.45, 7) is 5.42. The molecule has 2 aromatic rings. The van der Waals surface area contributed by atoms with Crippen LogP contribution in [0.4, 0.5) is 4.79 Å². The Balaban J connectivity index is 1.75. The van der Waals surface area contributed by atoms with Gasteiger partial charge in [0.15, 0.2) is 0 Å². The standard InChI is InChI=1S/C18H14ClNO2S3/c1-3-11(2)20-17(21)15(25-18(20)22)10-14-8-9-16(24-14)23-13-6-4-12(19)5-7-13/h3-11H,1H2,2H3/b15-10-/t11-/m1/s1. The van der Waals surface area contributed by atoms with Crippen LogP contribution in [0.15, 0.2) is 63.1 Å². The Morgan fingerprint density at radius 1 is 1.20 bits per heavy atom. The second-order valence-corrected chi connectivity index (χ2v) is 9.16. The number of amides is 2. The van der Waals surface area contributed by atoms with E-state index in [0.29, 0.717) is 9.93 Å². The van der Waals surface area contributed by atoms with Gasteiger partial charge in [-0.2, -0.15) is 0 Å². The smallest absolute Gasteiger partial charge is 0.268 e. The van der Waals surface area contributed by atoms with Crippen molar-refractivity contribution in [3.8, 4) is 0 Å². The number of thioether (sulfide) groups is 1. The first kappa shape index (κ1) is 18.3.